The van der Waals surface area contributed by atoms with E-state index in [0.29, 0.717) is 6.04 Å². The molecule has 1 aliphatic carbocycles. The van der Waals surface area contributed by atoms with Gasteiger partial charge in [-0.05, 0) is 43.6 Å². The molecule has 0 unspecified atom stereocenters. The van der Waals surface area contributed by atoms with Crippen LogP contribution in [0.15, 0.2) is 24.3 Å². The smallest absolute Gasteiger partial charge is 0.0591 e. The predicted octanol–water partition coefficient (Wildman–Crippen LogP) is 3.89. The number of rotatable bonds is 8. The largest absolute Gasteiger partial charge is 0.380 e. The van der Waals surface area contributed by atoms with Gasteiger partial charge in [-0.25, -0.2) is 0 Å². The summed E-state index contributed by atoms with van der Waals surface area (Å²) in [5.74, 6) is 1.50. The van der Waals surface area contributed by atoms with Crippen molar-refractivity contribution in [1.82, 2.24) is 5.32 Å². The molecule has 0 spiro atoms. The van der Waals surface area contributed by atoms with Crippen molar-refractivity contribution in [2.75, 3.05) is 19.8 Å². The molecule has 2 nitrogen and oxygen atoms in total. The highest BCUT2D eigenvalue weighted by molar-refractivity contribution is 5.27. The molecule has 0 bridgehead atoms. The van der Waals surface area contributed by atoms with Gasteiger partial charge in [0.25, 0.3) is 0 Å². The van der Waals surface area contributed by atoms with E-state index < -0.39 is 0 Å². The Bertz CT molecular complexity index is 396. The van der Waals surface area contributed by atoms with Crippen LogP contribution in [0.3, 0.4) is 0 Å². The standard InChI is InChI=1S/C18H29NO/c1-14(2)7-9-20-10-8-19-18-12-17(13-18)16-6-4-5-15(3)11-16/h4-6,11,14,17-19H,7-10,12-13H2,1-3H3. The molecular formula is C18H29NO. The first-order chi connectivity index (χ1) is 9.65. The molecule has 2 rings (SSSR count). The van der Waals surface area contributed by atoms with Crippen molar-refractivity contribution in [3.63, 3.8) is 0 Å². The maximum Gasteiger partial charge on any atom is 0.0591 e. The lowest BCUT2D eigenvalue weighted by molar-refractivity contribution is 0.119. The minimum Gasteiger partial charge on any atom is -0.380 e. The Hall–Kier alpha value is -0.860. The van der Waals surface area contributed by atoms with Gasteiger partial charge in [-0.2, -0.15) is 0 Å². The van der Waals surface area contributed by atoms with E-state index in [1.165, 1.54) is 30.4 Å². The van der Waals surface area contributed by atoms with Crippen LogP contribution in [0.2, 0.25) is 0 Å². The van der Waals surface area contributed by atoms with Crippen molar-refractivity contribution in [2.24, 2.45) is 5.92 Å². The molecule has 0 amide bonds. The third kappa shape index (κ3) is 4.92. The van der Waals surface area contributed by atoms with Crippen molar-refractivity contribution in [3.05, 3.63) is 35.4 Å². The third-order valence-electron chi connectivity index (χ3n) is 4.17. The predicted molar refractivity (Wildman–Crippen MR) is 85.2 cm³/mol. The van der Waals surface area contributed by atoms with E-state index in [2.05, 4.69) is 50.4 Å². The molecule has 0 heterocycles. The zero-order valence-electron chi connectivity index (χ0n) is 13.2. The van der Waals surface area contributed by atoms with Crippen molar-refractivity contribution < 1.29 is 4.74 Å². The van der Waals surface area contributed by atoms with Gasteiger partial charge in [0.1, 0.15) is 0 Å². The Morgan fingerprint density at radius 1 is 1.25 bits per heavy atom. The summed E-state index contributed by atoms with van der Waals surface area (Å²) in [5, 5.41) is 3.60. The maximum atomic E-state index is 5.63. The van der Waals surface area contributed by atoms with E-state index in [9.17, 15) is 0 Å². The van der Waals surface area contributed by atoms with Crippen LogP contribution in [0, 0.1) is 12.8 Å². The van der Waals surface area contributed by atoms with E-state index in [1.54, 1.807) is 0 Å². The highest BCUT2D eigenvalue weighted by Gasteiger charge is 2.29. The summed E-state index contributed by atoms with van der Waals surface area (Å²) in [6.07, 6.45) is 3.71. The second-order valence-corrected chi connectivity index (χ2v) is 6.53. The number of hydrogen-bond acceptors (Lipinski definition) is 2. The average molecular weight is 275 g/mol. The summed E-state index contributed by atoms with van der Waals surface area (Å²) in [6.45, 7) is 9.38. The van der Waals surface area contributed by atoms with Gasteiger partial charge in [0.15, 0.2) is 0 Å². The molecule has 1 saturated carbocycles. The van der Waals surface area contributed by atoms with Gasteiger partial charge in [-0.1, -0.05) is 43.7 Å². The van der Waals surface area contributed by atoms with Crippen molar-refractivity contribution in [3.8, 4) is 0 Å². The van der Waals surface area contributed by atoms with E-state index in [1.807, 2.05) is 0 Å². The molecule has 1 N–H and O–H groups in total. The van der Waals surface area contributed by atoms with Crippen LogP contribution >= 0.6 is 0 Å². The topological polar surface area (TPSA) is 21.3 Å². The first kappa shape index (κ1) is 15.5. The average Bonchev–Trinajstić information content (AvgIpc) is 2.35. The van der Waals surface area contributed by atoms with Gasteiger partial charge in [-0.15, -0.1) is 0 Å². The van der Waals surface area contributed by atoms with Crippen LogP contribution in [0.1, 0.15) is 50.2 Å². The zero-order chi connectivity index (χ0) is 14.4. The molecule has 0 aliphatic heterocycles. The Labute approximate surface area is 123 Å². The van der Waals surface area contributed by atoms with Gasteiger partial charge in [0.2, 0.25) is 0 Å². The molecule has 1 fully saturated rings. The lowest BCUT2D eigenvalue weighted by Gasteiger charge is -2.36. The molecule has 0 aromatic heterocycles. The molecule has 112 valence electrons. The molecule has 1 aromatic rings. The van der Waals surface area contributed by atoms with Crippen LogP contribution in [0.25, 0.3) is 0 Å². The summed E-state index contributed by atoms with van der Waals surface area (Å²) in [6, 6.07) is 9.63. The van der Waals surface area contributed by atoms with E-state index >= 15 is 0 Å². The quantitative estimate of drug-likeness (QED) is 0.727. The highest BCUT2D eigenvalue weighted by Crippen LogP contribution is 2.36. The lowest BCUT2D eigenvalue weighted by Crippen LogP contribution is -2.41. The molecule has 1 aliphatic rings. The molecule has 2 heteroatoms. The molecule has 0 atom stereocenters. The second-order valence-electron chi connectivity index (χ2n) is 6.53. The van der Waals surface area contributed by atoms with Crippen LogP contribution in [0.4, 0.5) is 0 Å². The van der Waals surface area contributed by atoms with E-state index in [-0.39, 0.29) is 0 Å². The van der Waals surface area contributed by atoms with Crippen LogP contribution in [-0.4, -0.2) is 25.8 Å². The second kappa shape index (κ2) is 7.80. The van der Waals surface area contributed by atoms with E-state index in [4.69, 9.17) is 4.74 Å². The van der Waals surface area contributed by atoms with Crippen LogP contribution < -0.4 is 5.32 Å². The fraction of sp³-hybridized carbons (Fsp3) is 0.667. The number of nitrogens with one attached hydrogen (secondary N) is 1. The summed E-state index contributed by atoms with van der Waals surface area (Å²) in [7, 11) is 0. The molecule has 0 saturated heterocycles. The molecular weight excluding hydrogens is 246 g/mol. The Morgan fingerprint density at radius 2 is 2.05 bits per heavy atom. The summed E-state index contributed by atoms with van der Waals surface area (Å²) in [4.78, 5) is 0. The summed E-state index contributed by atoms with van der Waals surface area (Å²) in [5.41, 5.74) is 2.88. The number of ether oxygens (including phenoxy) is 1. The normalized spacial score (nSPS) is 22.0. The number of benzene rings is 1. The minimum atomic E-state index is 0.689. The van der Waals surface area contributed by atoms with Crippen molar-refractivity contribution >= 4 is 0 Å². The minimum absolute atomic E-state index is 0.689. The molecule has 20 heavy (non-hydrogen) atoms. The molecule has 0 radical (unpaired) electrons. The van der Waals surface area contributed by atoms with Gasteiger partial charge in [-0.3, -0.25) is 0 Å². The van der Waals surface area contributed by atoms with E-state index in [0.717, 1.165) is 31.6 Å². The first-order valence-electron chi connectivity index (χ1n) is 8.03. The summed E-state index contributed by atoms with van der Waals surface area (Å²) < 4.78 is 5.63. The highest BCUT2D eigenvalue weighted by atomic mass is 16.5. The lowest BCUT2D eigenvalue weighted by atomic mass is 9.75. The van der Waals surface area contributed by atoms with Gasteiger partial charge >= 0.3 is 0 Å². The van der Waals surface area contributed by atoms with Crippen molar-refractivity contribution in [1.29, 1.82) is 0 Å². The van der Waals surface area contributed by atoms with Crippen LogP contribution in [0.5, 0.6) is 0 Å². The SMILES string of the molecule is Cc1cccc(C2CC(NCCOCCC(C)C)C2)c1. The maximum absolute atomic E-state index is 5.63. The van der Waals surface area contributed by atoms with Crippen LogP contribution in [-0.2, 0) is 4.74 Å². The fourth-order valence-corrected chi connectivity index (χ4v) is 2.74. The van der Waals surface area contributed by atoms with Gasteiger partial charge in [0, 0.05) is 19.2 Å². The fourth-order valence-electron chi connectivity index (χ4n) is 2.74. The van der Waals surface area contributed by atoms with Gasteiger partial charge < -0.3 is 10.1 Å². The summed E-state index contributed by atoms with van der Waals surface area (Å²) >= 11 is 0. The number of hydrogen-bond donors (Lipinski definition) is 1. The van der Waals surface area contributed by atoms with Crippen molar-refractivity contribution in [2.45, 2.75) is 52.0 Å². The third-order valence-corrected chi connectivity index (χ3v) is 4.17. The Kier molecular flexibility index (Phi) is 6.06. The zero-order valence-corrected chi connectivity index (χ0v) is 13.2. The number of aryl methyl sites for hydroxylation is 1. The molecule has 1 aromatic carbocycles. The first-order valence-corrected chi connectivity index (χ1v) is 8.03. The monoisotopic (exact) mass is 275 g/mol. The Balaban J connectivity index is 1.54. The van der Waals surface area contributed by atoms with Gasteiger partial charge in [0.05, 0.1) is 6.61 Å². The Morgan fingerprint density at radius 3 is 2.75 bits per heavy atom.